The van der Waals surface area contributed by atoms with Crippen LogP contribution in [0.3, 0.4) is 0 Å². The molecule has 0 N–H and O–H groups in total. The first kappa shape index (κ1) is 67.9. The summed E-state index contributed by atoms with van der Waals surface area (Å²) in [6, 6.07) is 0. The number of rotatable bonds is 1. The minimum atomic E-state index is 0.654. The highest BCUT2D eigenvalue weighted by atomic mass is 14.6. The van der Waals surface area contributed by atoms with Crippen molar-refractivity contribution in [3.8, 4) is 0 Å². The minimum absolute atomic E-state index is 0.654. The molecule has 0 radical (unpaired) electrons. The van der Waals surface area contributed by atoms with E-state index in [1.807, 2.05) is 0 Å². The lowest BCUT2D eigenvalue weighted by Gasteiger charge is -2.53. The maximum Gasteiger partial charge on any atom is -0.0297 e. The average Bonchev–Trinajstić information content (AvgIpc) is 3.96. The van der Waals surface area contributed by atoms with Gasteiger partial charge in [-0.25, -0.2) is 0 Å². The quantitative estimate of drug-likeness (QED) is 0.245. The van der Waals surface area contributed by atoms with Crippen LogP contribution in [0.15, 0.2) is 0 Å². The van der Waals surface area contributed by atoms with Crippen molar-refractivity contribution in [1.29, 1.82) is 0 Å². The lowest BCUT2D eigenvalue weighted by Crippen LogP contribution is -2.44. The zero-order valence-corrected chi connectivity index (χ0v) is 60.8. The van der Waals surface area contributed by atoms with Gasteiger partial charge >= 0.3 is 0 Å². The second kappa shape index (κ2) is 28.7. The van der Waals surface area contributed by atoms with E-state index in [4.69, 9.17) is 0 Å². The maximum absolute atomic E-state index is 2.49. The van der Waals surface area contributed by atoms with E-state index in [1.54, 1.807) is 89.9 Å². The Labute approximate surface area is 533 Å². The summed E-state index contributed by atoms with van der Waals surface area (Å²) in [5.74, 6) is 29.2. The van der Waals surface area contributed by atoms with Gasteiger partial charge in [0.2, 0.25) is 0 Å². The first-order valence-corrected chi connectivity index (χ1v) is 40.3. The van der Waals surface area contributed by atoms with Crippen LogP contribution >= 0.6 is 0 Å². The molecular formula is C85H152. The van der Waals surface area contributed by atoms with Gasteiger partial charge in [-0.05, 0) is 387 Å². The Morgan fingerprint density at radius 3 is 0.906 bits per heavy atom. The second-order valence-electron chi connectivity index (χ2n) is 39.2. The van der Waals surface area contributed by atoms with E-state index in [9.17, 15) is 0 Å². The van der Waals surface area contributed by atoms with Gasteiger partial charge in [-0.3, -0.25) is 0 Å². The van der Waals surface area contributed by atoms with E-state index in [1.165, 1.54) is 148 Å². The lowest BCUT2D eigenvalue weighted by atomic mass is 9.52. The fraction of sp³-hybridized carbons (Fsp3) is 1.00. The summed E-state index contributed by atoms with van der Waals surface area (Å²) in [6.07, 6.45) is 56.8. The molecule has 0 aromatic heterocycles. The van der Waals surface area contributed by atoms with Crippen molar-refractivity contribution in [1.82, 2.24) is 0 Å². The third kappa shape index (κ3) is 15.5. The molecule has 492 valence electrons. The minimum Gasteiger partial charge on any atom is -0.0651 e. The lowest BCUT2D eigenvalue weighted by molar-refractivity contribution is -0.0319. The van der Waals surface area contributed by atoms with Crippen LogP contribution < -0.4 is 0 Å². The van der Waals surface area contributed by atoms with Gasteiger partial charge in [-0.1, -0.05) is 150 Å². The molecule has 21 atom stereocenters. The molecule has 22 saturated carbocycles. The summed E-state index contributed by atoms with van der Waals surface area (Å²) >= 11 is 0. The monoisotopic (exact) mass is 1170 g/mol. The summed E-state index contributed by atoms with van der Waals surface area (Å²) in [7, 11) is 0. The average molecular weight is 1170 g/mol. The van der Waals surface area contributed by atoms with E-state index in [2.05, 4.69) is 118 Å². The molecular weight excluding hydrogens is 1020 g/mol. The van der Waals surface area contributed by atoms with Gasteiger partial charge in [0.1, 0.15) is 0 Å². The van der Waals surface area contributed by atoms with Crippen LogP contribution in [-0.2, 0) is 0 Å². The van der Waals surface area contributed by atoms with Gasteiger partial charge in [-0.15, -0.1) is 0 Å². The molecule has 0 aliphatic heterocycles. The molecule has 22 fully saturated rings. The largest absolute Gasteiger partial charge is 0.0651 e. The Kier molecular flexibility index (Phi) is 22.9. The predicted octanol–water partition coefficient (Wildman–Crippen LogP) is 26.5. The van der Waals surface area contributed by atoms with Gasteiger partial charge in [-0.2, -0.15) is 0 Å². The van der Waals surface area contributed by atoms with Crippen LogP contribution in [0, 0.1) is 181 Å². The Balaban J connectivity index is 0.000000106. The highest BCUT2D eigenvalue weighted by Gasteiger charge is 2.51. The molecule has 0 aromatic carbocycles. The first-order chi connectivity index (χ1) is 40.3. The molecule has 0 heterocycles. The maximum atomic E-state index is 2.49. The third-order valence-corrected chi connectivity index (χ3v) is 34.9. The van der Waals surface area contributed by atoms with Crippen LogP contribution in [0.4, 0.5) is 0 Å². The molecule has 85 heavy (non-hydrogen) atoms. The molecule has 22 aliphatic carbocycles. The first-order valence-electron chi connectivity index (χ1n) is 40.3. The molecule has 22 aliphatic rings. The van der Waals surface area contributed by atoms with Crippen molar-refractivity contribution in [3.05, 3.63) is 0 Å². The highest BCUT2D eigenvalue weighted by Crippen LogP contribution is 2.61. The van der Waals surface area contributed by atoms with E-state index >= 15 is 0 Å². The van der Waals surface area contributed by atoms with Crippen LogP contribution in [0.2, 0.25) is 0 Å². The smallest absolute Gasteiger partial charge is 0.0297 e. The molecule has 0 amide bonds. The van der Waals surface area contributed by atoms with E-state index in [0.717, 1.165) is 171 Å². The normalized spacial score (nSPS) is 52.0. The highest BCUT2D eigenvalue weighted by molar-refractivity contribution is 5.01. The Bertz CT molecular complexity index is 1930. The number of fused-ring (bicyclic) bond motifs is 22. The summed E-state index contributed by atoms with van der Waals surface area (Å²) < 4.78 is 0. The summed E-state index contributed by atoms with van der Waals surface area (Å²) in [4.78, 5) is 0. The van der Waals surface area contributed by atoms with Gasteiger partial charge < -0.3 is 0 Å². The van der Waals surface area contributed by atoms with Crippen LogP contribution in [-0.4, -0.2) is 0 Å². The van der Waals surface area contributed by atoms with Crippen molar-refractivity contribution < 1.29 is 0 Å². The molecule has 0 saturated heterocycles. The van der Waals surface area contributed by atoms with Gasteiger partial charge in [0, 0.05) is 0 Å². The predicted molar refractivity (Wildman–Crippen MR) is 371 cm³/mol. The van der Waals surface area contributed by atoms with Crippen LogP contribution in [0.1, 0.15) is 355 Å². The zero-order valence-electron chi connectivity index (χ0n) is 60.8. The fourth-order valence-corrected chi connectivity index (χ4v) is 26.2. The molecule has 18 bridgehead atoms. The van der Waals surface area contributed by atoms with Gasteiger partial charge in [0.15, 0.2) is 0 Å². The number of hydrogen-bond donors (Lipinski definition) is 0. The fourth-order valence-electron chi connectivity index (χ4n) is 26.2. The topological polar surface area (TPSA) is 0 Å². The van der Waals surface area contributed by atoms with Gasteiger partial charge in [0.05, 0.1) is 0 Å². The van der Waals surface area contributed by atoms with Crippen molar-refractivity contribution in [2.75, 3.05) is 0 Å². The van der Waals surface area contributed by atoms with Crippen molar-refractivity contribution in [2.24, 2.45) is 181 Å². The molecule has 0 heteroatoms. The van der Waals surface area contributed by atoms with Crippen molar-refractivity contribution in [2.45, 2.75) is 355 Å². The molecule has 0 nitrogen and oxygen atoms in total. The van der Waals surface area contributed by atoms with Crippen LogP contribution in [0.5, 0.6) is 0 Å². The molecule has 17 unspecified atom stereocenters. The second-order valence-corrected chi connectivity index (χ2v) is 39.2. The van der Waals surface area contributed by atoms with E-state index in [-0.39, 0.29) is 0 Å². The molecule has 22 rings (SSSR count). The summed E-state index contributed by atoms with van der Waals surface area (Å²) in [5.41, 5.74) is 2.84. The molecule has 0 aromatic rings. The SMILES string of the molecule is CC1C2CCC(C2)[C@H]1C.CC1C2CCC(CC2)C1(C)C.CC1C2CCC(CC2)C1C.CC1CC2CCC1(C)CC2.CC1CC2CCC1CC2.CCC1CC2CCC1C2.C[C@@H]1C2CCC(C2)C1(C)C.C[C@H]1CC2CCC1(C)C2.C[C@H]1CC2CCC1C2. The third-order valence-electron chi connectivity index (χ3n) is 34.9. The van der Waals surface area contributed by atoms with Gasteiger partial charge in [0.25, 0.3) is 0 Å². The van der Waals surface area contributed by atoms with Crippen LogP contribution in [0.25, 0.3) is 0 Å². The molecule has 0 spiro atoms. The Morgan fingerprint density at radius 2 is 0.659 bits per heavy atom. The van der Waals surface area contributed by atoms with E-state index in [0.29, 0.717) is 10.8 Å². The Morgan fingerprint density at radius 1 is 0.271 bits per heavy atom. The summed E-state index contributed by atoms with van der Waals surface area (Å²) in [5, 5.41) is 0. The summed E-state index contributed by atoms with van der Waals surface area (Å²) in [6.45, 7) is 41.7. The zero-order chi connectivity index (χ0) is 60.8. The van der Waals surface area contributed by atoms with Crippen molar-refractivity contribution in [3.63, 3.8) is 0 Å². The number of hydrogen-bond acceptors (Lipinski definition) is 0. The van der Waals surface area contributed by atoms with E-state index < -0.39 is 0 Å². The Hall–Kier alpha value is 0. The standard InChI is InChI=1S/C11H20.3C10H18.4C9H16.C8H14/c1-8-9-4-6-10(7-5-9)11(8,2)3;1-7-8-4-5-9(6-8)10(7,2)3;1-8-7-9-3-5-10(8,2)6-4-9;1-7-8(2)10-5-3-9(7)4-6-10;1-7-5-8-3-4-9(7,2)6-8;1-6-7(2)9-4-3-8(6)5-9;1-7-6-8-2-4-9(7)5-3-8;1-2-8-5-7-3-4-9(8)6-7;1-6-4-7-2-3-8(6)5-7/h8-10H,4-7H2,1-3H3;7-9H,4-6H2,1-3H3;8-9H,3-7H2,1-2H3;7-10H,3-6H2,1-2H3;7-8H,3-6H2,1-2H3;6-9H,3-5H2,1-2H3;2*7-9H,2-6H2,1H3;6-8H,2-5H2,1H3/t;7-,8?,9?;;;7-,8?,9?;6-,7?,8?,9?;;;6-,7?,8?/m.1..00..0/s1. The van der Waals surface area contributed by atoms with Crippen molar-refractivity contribution >= 4 is 0 Å².